The molecule has 2 aromatic rings. The fourth-order valence-electron chi connectivity index (χ4n) is 4.46. The van der Waals surface area contributed by atoms with Gasteiger partial charge < -0.3 is 10.0 Å². The molecule has 1 N–H and O–H groups in total. The first-order chi connectivity index (χ1) is 12.1. The summed E-state index contributed by atoms with van der Waals surface area (Å²) in [6, 6.07) is 7.29. The van der Waals surface area contributed by atoms with Gasteiger partial charge in [-0.15, -0.1) is 0 Å². The van der Waals surface area contributed by atoms with E-state index < -0.39 is 6.09 Å². The van der Waals surface area contributed by atoms with Crippen molar-refractivity contribution < 1.29 is 14.3 Å². The third kappa shape index (κ3) is 2.83. The molecule has 2 aliphatic rings. The Morgan fingerprint density at radius 2 is 2.00 bits per heavy atom. The number of hydrogen-bond donors (Lipinski definition) is 1. The van der Waals surface area contributed by atoms with E-state index in [4.69, 9.17) is 0 Å². The van der Waals surface area contributed by atoms with Crippen LogP contribution in [0.3, 0.4) is 0 Å². The highest BCUT2D eigenvalue weighted by molar-refractivity contribution is 7.08. The molecule has 25 heavy (non-hydrogen) atoms. The van der Waals surface area contributed by atoms with Crippen LogP contribution < -0.4 is 4.90 Å². The summed E-state index contributed by atoms with van der Waals surface area (Å²) < 4.78 is 14.6. The first-order valence-electron chi connectivity index (χ1n) is 8.61. The van der Waals surface area contributed by atoms with Crippen LogP contribution in [0, 0.1) is 5.82 Å². The van der Waals surface area contributed by atoms with Crippen molar-refractivity contribution in [3.63, 3.8) is 0 Å². The number of halogens is 1. The second-order valence-corrected chi connectivity index (χ2v) is 7.75. The summed E-state index contributed by atoms with van der Waals surface area (Å²) in [6.07, 6.45) is 2.84. The van der Waals surface area contributed by atoms with Crippen molar-refractivity contribution in [1.82, 2.24) is 4.90 Å². The number of benzene rings is 1. The van der Waals surface area contributed by atoms with Crippen molar-refractivity contribution in [3.05, 3.63) is 40.8 Å². The van der Waals surface area contributed by atoms with Crippen molar-refractivity contribution in [1.29, 1.82) is 0 Å². The molecule has 6 heteroatoms. The average molecular weight is 360 g/mol. The van der Waals surface area contributed by atoms with E-state index in [-0.39, 0.29) is 11.9 Å². The topological polar surface area (TPSA) is 43.8 Å². The van der Waals surface area contributed by atoms with Gasteiger partial charge in [-0.25, -0.2) is 9.18 Å². The Labute approximate surface area is 150 Å². The van der Waals surface area contributed by atoms with Gasteiger partial charge in [0, 0.05) is 23.7 Å². The normalized spacial score (nSPS) is 25.9. The van der Waals surface area contributed by atoms with Crippen LogP contribution in [0.25, 0.3) is 11.1 Å². The van der Waals surface area contributed by atoms with Crippen LogP contribution in [0.1, 0.15) is 25.7 Å². The molecule has 132 valence electrons. The SMILES string of the molecule is CN1[C@@H]2CC[C@H]1C[C@@H](N(C(=O)O)c1cccc(F)c1-c1ccsc1)C2. The number of amides is 1. The number of anilines is 1. The monoisotopic (exact) mass is 360 g/mol. The Hall–Kier alpha value is -1.92. The predicted molar refractivity (Wildman–Crippen MR) is 97.8 cm³/mol. The molecule has 1 aromatic heterocycles. The number of fused-ring (bicyclic) bond motifs is 2. The van der Waals surface area contributed by atoms with Crippen molar-refractivity contribution in [2.24, 2.45) is 0 Å². The molecule has 3 atom stereocenters. The summed E-state index contributed by atoms with van der Waals surface area (Å²) in [5, 5.41) is 13.7. The molecule has 1 amide bonds. The Morgan fingerprint density at radius 1 is 1.28 bits per heavy atom. The van der Waals surface area contributed by atoms with Crippen molar-refractivity contribution in [2.45, 2.75) is 43.8 Å². The van der Waals surface area contributed by atoms with Gasteiger partial charge in [0.25, 0.3) is 0 Å². The number of thiophene rings is 1. The lowest BCUT2D eigenvalue weighted by molar-refractivity contribution is 0.151. The Kier molecular flexibility index (Phi) is 4.25. The van der Waals surface area contributed by atoms with Crippen LogP contribution in [0.5, 0.6) is 0 Å². The second-order valence-electron chi connectivity index (χ2n) is 6.97. The van der Waals surface area contributed by atoms with Gasteiger partial charge in [0.15, 0.2) is 0 Å². The number of rotatable bonds is 3. The fraction of sp³-hybridized carbons (Fsp3) is 0.421. The van der Waals surface area contributed by atoms with Gasteiger partial charge in [-0.1, -0.05) is 6.07 Å². The largest absolute Gasteiger partial charge is 0.465 e. The van der Waals surface area contributed by atoms with Crippen molar-refractivity contribution >= 4 is 23.1 Å². The van der Waals surface area contributed by atoms with Gasteiger partial charge in [0.1, 0.15) is 5.82 Å². The molecule has 2 bridgehead atoms. The minimum absolute atomic E-state index is 0.106. The highest BCUT2D eigenvalue weighted by Crippen LogP contribution is 2.41. The number of piperidine rings is 1. The van der Waals surface area contributed by atoms with E-state index in [2.05, 4.69) is 11.9 Å². The standard InChI is InChI=1S/C19H21FN2O2S/c1-21-13-5-6-14(21)10-15(9-13)22(19(23)24)17-4-2-3-16(20)18(17)12-7-8-25-11-12/h2-4,7-8,11,13-15H,5-6,9-10H2,1H3,(H,23,24)/t13-,14+,15+. The first kappa shape index (κ1) is 16.5. The number of carbonyl (C=O) groups is 1. The fourth-order valence-corrected chi connectivity index (χ4v) is 5.10. The molecule has 0 radical (unpaired) electrons. The Morgan fingerprint density at radius 3 is 2.60 bits per heavy atom. The molecule has 2 saturated heterocycles. The van der Waals surface area contributed by atoms with Crippen LogP contribution in [0.15, 0.2) is 35.0 Å². The molecule has 2 aliphatic heterocycles. The van der Waals surface area contributed by atoms with E-state index in [1.807, 2.05) is 16.8 Å². The lowest BCUT2D eigenvalue weighted by Gasteiger charge is -2.41. The van der Waals surface area contributed by atoms with E-state index >= 15 is 0 Å². The van der Waals surface area contributed by atoms with E-state index in [0.29, 0.717) is 23.3 Å². The van der Waals surface area contributed by atoms with Crippen LogP contribution in [0.2, 0.25) is 0 Å². The summed E-state index contributed by atoms with van der Waals surface area (Å²) in [4.78, 5) is 15.9. The lowest BCUT2D eigenvalue weighted by atomic mass is 9.95. The Bertz CT molecular complexity index is 766. The third-order valence-electron chi connectivity index (χ3n) is 5.71. The molecule has 0 saturated carbocycles. The third-order valence-corrected chi connectivity index (χ3v) is 6.39. The predicted octanol–water partition coefficient (Wildman–Crippen LogP) is 4.66. The molecule has 1 aromatic carbocycles. The average Bonchev–Trinajstić information content (AvgIpc) is 3.14. The van der Waals surface area contributed by atoms with Crippen molar-refractivity contribution in [2.75, 3.05) is 11.9 Å². The summed E-state index contributed by atoms with van der Waals surface area (Å²) in [7, 11) is 2.13. The minimum Gasteiger partial charge on any atom is -0.465 e. The molecule has 2 fully saturated rings. The summed E-state index contributed by atoms with van der Waals surface area (Å²) >= 11 is 1.48. The van der Waals surface area contributed by atoms with Crippen LogP contribution in [-0.2, 0) is 0 Å². The van der Waals surface area contributed by atoms with E-state index in [0.717, 1.165) is 31.2 Å². The Balaban J connectivity index is 1.76. The molecule has 4 nitrogen and oxygen atoms in total. The van der Waals surface area contributed by atoms with Crippen molar-refractivity contribution in [3.8, 4) is 11.1 Å². The maximum atomic E-state index is 14.6. The number of carboxylic acid groups (broad SMARTS) is 1. The van der Waals surface area contributed by atoms with Crippen LogP contribution in [-0.4, -0.2) is 41.3 Å². The zero-order valence-electron chi connectivity index (χ0n) is 14.1. The summed E-state index contributed by atoms with van der Waals surface area (Å²) in [5.41, 5.74) is 1.58. The molecule has 3 heterocycles. The first-order valence-corrected chi connectivity index (χ1v) is 9.55. The quantitative estimate of drug-likeness (QED) is 0.865. The minimum atomic E-state index is -1.00. The van der Waals surface area contributed by atoms with Crippen LogP contribution >= 0.6 is 11.3 Å². The smallest absolute Gasteiger partial charge is 0.412 e. The highest BCUT2D eigenvalue weighted by atomic mass is 32.1. The zero-order valence-corrected chi connectivity index (χ0v) is 14.9. The molecule has 4 rings (SSSR count). The molecular formula is C19H21FN2O2S. The molecular weight excluding hydrogens is 339 g/mol. The maximum absolute atomic E-state index is 14.6. The van der Waals surface area contributed by atoms with Gasteiger partial charge in [0.05, 0.1) is 5.69 Å². The summed E-state index contributed by atoms with van der Waals surface area (Å²) in [5.74, 6) is -0.377. The second kappa shape index (κ2) is 6.42. The van der Waals surface area contributed by atoms with Gasteiger partial charge in [-0.3, -0.25) is 4.90 Å². The summed E-state index contributed by atoms with van der Waals surface area (Å²) in [6.45, 7) is 0. The van der Waals surface area contributed by atoms with Crippen LogP contribution in [0.4, 0.5) is 14.9 Å². The van der Waals surface area contributed by atoms with Gasteiger partial charge in [-0.05, 0) is 67.3 Å². The molecule has 0 aliphatic carbocycles. The lowest BCUT2D eigenvalue weighted by Crippen LogP contribution is -2.51. The van der Waals surface area contributed by atoms with E-state index in [1.165, 1.54) is 22.3 Å². The number of hydrogen-bond acceptors (Lipinski definition) is 3. The molecule has 0 unspecified atom stereocenters. The number of nitrogens with zero attached hydrogens (tertiary/aromatic N) is 2. The van der Waals surface area contributed by atoms with E-state index in [1.54, 1.807) is 12.1 Å². The maximum Gasteiger partial charge on any atom is 0.412 e. The van der Waals surface area contributed by atoms with Gasteiger partial charge in [-0.2, -0.15) is 11.3 Å². The molecule has 0 spiro atoms. The van der Waals surface area contributed by atoms with E-state index in [9.17, 15) is 14.3 Å². The highest BCUT2D eigenvalue weighted by Gasteiger charge is 2.42. The van der Waals surface area contributed by atoms with Gasteiger partial charge >= 0.3 is 6.09 Å². The van der Waals surface area contributed by atoms with Gasteiger partial charge in [0.2, 0.25) is 0 Å². The zero-order chi connectivity index (χ0) is 17.6.